The Morgan fingerprint density at radius 2 is 2.32 bits per heavy atom. The second kappa shape index (κ2) is 6.23. The molecule has 1 unspecified atom stereocenters. The van der Waals surface area contributed by atoms with Gasteiger partial charge in [0.1, 0.15) is 17.6 Å². The number of carbonyl (C=O) groups excluding carboxylic acids is 1. The van der Waals surface area contributed by atoms with Gasteiger partial charge in [-0.05, 0) is 36.8 Å². The van der Waals surface area contributed by atoms with Gasteiger partial charge in [0, 0.05) is 18.1 Å². The number of halogens is 1. The average Bonchev–Trinajstić information content (AvgIpc) is 3.13. The summed E-state index contributed by atoms with van der Waals surface area (Å²) in [5, 5.41) is 1.65. The van der Waals surface area contributed by atoms with Crippen molar-refractivity contribution in [1.82, 2.24) is 14.5 Å². The number of esters is 1. The van der Waals surface area contributed by atoms with Crippen LogP contribution in [-0.2, 0) is 31.2 Å². The minimum atomic E-state index is -0.351. The molecule has 0 fully saturated rings. The summed E-state index contributed by atoms with van der Waals surface area (Å²) in [6, 6.07) is 5.81. The van der Waals surface area contributed by atoms with E-state index in [4.69, 9.17) is 16.3 Å². The van der Waals surface area contributed by atoms with Crippen LogP contribution in [-0.4, -0.2) is 20.5 Å². The van der Waals surface area contributed by atoms with Crippen LogP contribution in [0, 0.1) is 5.92 Å². The van der Waals surface area contributed by atoms with E-state index in [1.807, 2.05) is 6.07 Å². The number of ether oxygens (including phenoxy) is 1. The molecular formula is C19H20ClN3O2. The van der Waals surface area contributed by atoms with Gasteiger partial charge in [0.25, 0.3) is 0 Å². The fraction of sp³-hybridized carbons (Fsp3) is 0.368. The first-order chi connectivity index (χ1) is 12.0. The van der Waals surface area contributed by atoms with E-state index in [-0.39, 0.29) is 12.6 Å². The number of aromatic nitrogens is 3. The molecule has 1 atom stereocenters. The van der Waals surface area contributed by atoms with Crippen molar-refractivity contribution in [1.29, 1.82) is 0 Å². The SMILES string of the molecule is CC1CCc2[nH]c3c(C(=O)OCc4ncc(Cl)n4C)cccc3c2C1. The largest absolute Gasteiger partial charge is 0.454 e. The number of fused-ring (bicyclic) bond motifs is 3. The third-order valence-electron chi connectivity index (χ3n) is 5.05. The molecule has 2 aromatic heterocycles. The fourth-order valence-corrected chi connectivity index (χ4v) is 3.70. The van der Waals surface area contributed by atoms with Crippen LogP contribution in [0.3, 0.4) is 0 Å². The van der Waals surface area contributed by atoms with E-state index >= 15 is 0 Å². The van der Waals surface area contributed by atoms with Gasteiger partial charge in [-0.1, -0.05) is 30.7 Å². The monoisotopic (exact) mass is 357 g/mol. The van der Waals surface area contributed by atoms with Crippen LogP contribution < -0.4 is 0 Å². The summed E-state index contributed by atoms with van der Waals surface area (Å²) in [6.07, 6.45) is 4.82. The van der Waals surface area contributed by atoms with E-state index < -0.39 is 0 Å². The van der Waals surface area contributed by atoms with Gasteiger partial charge in [-0.3, -0.25) is 0 Å². The van der Waals surface area contributed by atoms with Crippen molar-refractivity contribution < 1.29 is 9.53 Å². The van der Waals surface area contributed by atoms with Gasteiger partial charge >= 0.3 is 5.97 Å². The normalized spacial score (nSPS) is 16.8. The maximum Gasteiger partial charge on any atom is 0.340 e. The smallest absolute Gasteiger partial charge is 0.340 e. The summed E-state index contributed by atoms with van der Waals surface area (Å²) in [5.41, 5.74) is 4.05. The first kappa shape index (κ1) is 16.2. The van der Waals surface area contributed by atoms with E-state index in [0.717, 1.165) is 23.7 Å². The number of H-pyrrole nitrogens is 1. The number of aromatic amines is 1. The summed E-state index contributed by atoms with van der Waals surface area (Å²) < 4.78 is 7.17. The molecule has 1 aliphatic rings. The van der Waals surface area contributed by atoms with E-state index in [9.17, 15) is 4.79 Å². The average molecular weight is 358 g/mol. The molecule has 6 heteroatoms. The molecule has 130 valence electrons. The zero-order valence-corrected chi connectivity index (χ0v) is 15.1. The van der Waals surface area contributed by atoms with Crippen molar-refractivity contribution in [2.75, 3.05) is 0 Å². The third kappa shape index (κ3) is 2.82. The molecule has 1 aliphatic carbocycles. The highest BCUT2D eigenvalue weighted by molar-refractivity contribution is 6.29. The number of hydrogen-bond acceptors (Lipinski definition) is 3. The number of carbonyl (C=O) groups is 1. The van der Waals surface area contributed by atoms with E-state index in [1.165, 1.54) is 17.7 Å². The minimum Gasteiger partial charge on any atom is -0.454 e. The number of aryl methyl sites for hydroxylation is 1. The number of hydrogen-bond donors (Lipinski definition) is 1. The van der Waals surface area contributed by atoms with Gasteiger partial charge in [0.05, 0.1) is 17.3 Å². The molecule has 1 aromatic carbocycles. The molecule has 0 radical (unpaired) electrons. The zero-order chi connectivity index (χ0) is 17.6. The van der Waals surface area contributed by atoms with Gasteiger partial charge in [-0.2, -0.15) is 0 Å². The Hall–Kier alpha value is -2.27. The molecule has 0 aliphatic heterocycles. The summed E-state index contributed by atoms with van der Waals surface area (Å²) in [7, 11) is 1.79. The van der Waals surface area contributed by atoms with Gasteiger partial charge < -0.3 is 14.3 Å². The van der Waals surface area contributed by atoms with Gasteiger partial charge in [-0.15, -0.1) is 0 Å². The van der Waals surface area contributed by atoms with Crippen LogP contribution in [0.2, 0.25) is 5.15 Å². The van der Waals surface area contributed by atoms with Gasteiger partial charge in [0.15, 0.2) is 0 Å². The molecule has 25 heavy (non-hydrogen) atoms. The summed E-state index contributed by atoms with van der Waals surface area (Å²) in [4.78, 5) is 20.2. The molecule has 2 heterocycles. The Morgan fingerprint density at radius 3 is 3.08 bits per heavy atom. The van der Waals surface area contributed by atoms with Crippen LogP contribution in [0.5, 0.6) is 0 Å². The van der Waals surface area contributed by atoms with Crippen LogP contribution >= 0.6 is 11.6 Å². The highest BCUT2D eigenvalue weighted by Gasteiger charge is 2.23. The molecule has 5 nitrogen and oxygen atoms in total. The first-order valence-electron chi connectivity index (χ1n) is 8.50. The fourth-order valence-electron chi connectivity index (χ4n) is 3.55. The topological polar surface area (TPSA) is 59.9 Å². The minimum absolute atomic E-state index is 0.0932. The first-order valence-corrected chi connectivity index (χ1v) is 8.88. The summed E-state index contributed by atoms with van der Waals surface area (Å²) in [5.74, 6) is 0.941. The third-order valence-corrected chi connectivity index (χ3v) is 5.40. The molecule has 0 saturated carbocycles. The Balaban J connectivity index is 1.62. The lowest BCUT2D eigenvalue weighted by atomic mass is 9.87. The van der Waals surface area contributed by atoms with E-state index in [0.29, 0.717) is 22.5 Å². The van der Waals surface area contributed by atoms with Crippen molar-refractivity contribution in [2.24, 2.45) is 13.0 Å². The summed E-state index contributed by atoms with van der Waals surface area (Å²) >= 11 is 5.96. The van der Waals surface area contributed by atoms with Crippen molar-refractivity contribution in [3.8, 4) is 0 Å². The van der Waals surface area contributed by atoms with Crippen molar-refractivity contribution in [3.05, 3.63) is 52.2 Å². The lowest BCUT2D eigenvalue weighted by molar-refractivity contribution is 0.0461. The predicted molar refractivity (Wildman–Crippen MR) is 96.8 cm³/mol. The zero-order valence-electron chi connectivity index (χ0n) is 14.3. The Kier molecular flexibility index (Phi) is 4.04. The highest BCUT2D eigenvalue weighted by atomic mass is 35.5. The Bertz CT molecular complexity index is 957. The van der Waals surface area contributed by atoms with Crippen molar-refractivity contribution in [2.45, 2.75) is 32.8 Å². The van der Waals surface area contributed by atoms with Crippen molar-refractivity contribution >= 4 is 28.5 Å². The van der Waals surface area contributed by atoms with Gasteiger partial charge in [0.2, 0.25) is 0 Å². The second-order valence-electron chi connectivity index (χ2n) is 6.79. The standard InChI is InChI=1S/C19H20ClN3O2/c1-11-6-7-15-14(8-11)12-4-3-5-13(18(12)22-15)19(24)25-10-17-21-9-16(20)23(17)2/h3-5,9,11,22H,6-8,10H2,1-2H3. The molecule has 4 rings (SSSR count). The molecule has 0 bridgehead atoms. The van der Waals surface area contributed by atoms with Crippen LogP contribution in [0.1, 0.15) is 40.8 Å². The second-order valence-corrected chi connectivity index (χ2v) is 7.18. The number of nitrogens with one attached hydrogen (secondary N) is 1. The number of imidazole rings is 1. The van der Waals surface area contributed by atoms with E-state index in [1.54, 1.807) is 23.9 Å². The molecule has 1 N–H and O–H groups in total. The molecule has 3 aromatic rings. The van der Waals surface area contributed by atoms with Crippen molar-refractivity contribution in [3.63, 3.8) is 0 Å². The Labute approximate surface area is 151 Å². The lowest BCUT2D eigenvalue weighted by Gasteiger charge is -2.17. The van der Waals surface area contributed by atoms with Crippen LogP contribution in [0.15, 0.2) is 24.4 Å². The van der Waals surface area contributed by atoms with E-state index in [2.05, 4.69) is 23.0 Å². The molecule has 0 saturated heterocycles. The Morgan fingerprint density at radius 1 is 1.48 bits per heavy atom. The number of nitrogens with zero attached hydrogens (tertiary/aromatic N) is 2. The summed E-state index contributed by atoms with van der Waals surface area (Å²) in [6.45, 7) is 2.37. The van der Waals surface area contributed by atoms with Gasteiger partial charge in [-0.25, -0.2) is 9.78 Å². The number of rotatable bonds is 3. The predicted octanol–water partition coefficient (Wildman–Crippen LogP) is 4.04. The number of para-hydroxylation sites is 1. The molecule has 0 amide bonds. The molecule has 0 spiro atoms. The van der Waals surface area contributed by atoms with Crippen LogP contribution in [0.4, 0.5) is 0 Å². The van der Waals surface area contributed by atoms with Crippen LogP contribution in [0.25, 0.3) is 10.9 Å². The highest BCUT2D eigenvalue weighted by Crippen LogP contribution is 2.33. The maximum absolute atomic E-state index is 12.6. The number of benzene rings is 1. The molecular weight excluding hydrogens is 338 g/mol. The maximum atomic E-state index is 12.6. The lowest BCUT2D eigenvalue weighted by Crippen LogP contribution is -2.09. The quantitative estimate of drug-likeness (QED) is 0.720.